The highest BCUT2D eigenvalue weighted by molar-refractivity contribution is 7.90. The number of nitrogens with zero attached hydrogens (tertiary/aromatic N) is 1. The van der Waals surface area contributed by atoms with E-state index in [4.69, 9.17) is 194 Å². The van der Waals surface area contributed by atoms with E-state index in [0.717, 1.165) is 6.26 Å². The lowest BCUT2D eigenvalue weighted by molar-refractivity contribution is -0.292. The van der Waals surface area contributed by atoms with Gasteiger partial charge in [-0.25, -0.2) is 8.42 Å². The van der Waals surface area contributed by atoms with Gasteiger partial charge in [-0.3, -0.25) is 0 Å². The van der Waals surface area contributed by atoms with E-state index in [1.807, 2.05) is 19.9 Å². The van der Waals surface area contributed by atoms with Crippen LogP contribution in [0.5, 0.6) is 0 Å². The second kappa shape index (κ2) is 47.6. The van der Waals surface area contributed by atoms with E-state index < -0.39 is 353 Å². The Kier molecular flexibility index (Phi) is 40.0. The van der Waals surface area contributed by atoms with Gasteiger partial charge in [-0.2, -0.15) is 5.26 Å². The van der Waals surface area contributed by atoms with Crippen LogP contribution in [-0.2, 0) is 95.1 Å². The number of hydrogen-bond donors (Lipinski definition) is 33. The molecular formula is C75H147N19O35S. The van der Waals surface area contributed by atoms with E-state index in [-0.39, 0.29) is 57.2 Å². The second-order valence-corrected chi connectivity index (χ2v) is 38.8. The number of nitrogens with two attached hydrogens (primary N) is 18. The van der Waals surface area contributed by atoms with Crippen LogP contribution in [0.4, 0.5) is 0 Å². The quantitative estimate of drug-likeness (QED) is 0.0318. The fraction of sp³-hybridized carbons (Fsp3) is 0.987. The Hall–Kier alpha value is -2.60. The van der Waals surface area contributed by atoms with Gasteiger partial charge in [0.1, 0.15) is 156 Å². The van der Waals surface area contributed by atoms with Crippen molar-refractivity contribution < 1.29 is 170 Å². The first kappa shape index (κ1) is 109. The Morgan fingerprint density at radius 1 is 0.338 bits per heavy atom. The number of hydrogen-bond acceptors (Lipinski definition) is 54. The van der Waals surface area contributed by atoms with Gasteiger partial charge in [0.05, 0.1) is 111 Å². The molecule has 130 heavy (non-hydrogen) atoms. The molecule has 0 radical (unpaired) electrons. The molecule has 758 valence electrons. The molecule has 54 nitrogen and oxygen atoms in total. The molecular weight excluding hydrogens is 1760 g/mol. The van der Waals surface area contributed by atoms with Crippen LogP contribution in [0.2, 0.25) is 0 Å². The van der Waals surface area contributed by atoms with Gasteiger partial charge < -0.3 is 265 Å². The zero-order valence-electron chi connectivity index (χ0n) is 72.7. The molecule has 53 unspecified atom stereocenters. The van der Waals surface area contributed by atoms with Crippen molar-refractivity contribution in [3.05, 3.63) is 0 Å². The summed E-state index contributed by atoms with van der Waals surface area (Å²) in [7, 11) is -3.39. The van der Waals surface area contributed by atoms with Crippen LogP contribution in [-0.4, -0.2) is 466 Å². The number of sulfone groups is 1. The van der Waals surface area contributed by atoms with E-state index in [2.05, 4.69) is 0 Å². The molecule has 12 rings (SSSR count). The Bertz CT molecular complexity index is 3580. The first-order chi connectivity index (χ1) is 61.1. The van der Waals surface area contributed by atoms with Gasteiger partial charge >= 0.3 is 0 Å². The van der Waals surface area contributed by atoms with E-state index in [1.54, 1.807) is 0 Å². The summed E-state index contributed by atoms with van der Waals surface area (Å²) < 4.78 is 130. The number of aliphatic hydroxyl groups is 15. The molecule has 53 atom stereocenters. The zero-order chi connectivity index (χ0) is 96.1. The standard InChI is InChI=1S/C25H47N7O11.C25H50N6O13S.C25H50N6O11/c26-4-3-8(28)12-2-1-9(29)23(38-12)41-20-11(31)5-10(30)16(34)22(20)43-25-19(37)21(14(7-33)40-25)42-24-15(32)18(36)17(35)13(6-27)39-24;1-45(37,38)7-11(30)12-3-2-8(27)23(39-12)42-20-10(29)4-9(28)16(33)22(20)44-25-19(36)21(14(6-32)41-25)43-24-15(31)18(35)17(34)13(5-26)40-24;1-25(2,31)13-4-3-8(27)22(39-13)40-19-10(29)5-9(28)15(33)21(19)42-24-18(36)20(12(7-32)38-24)41-23-14(30)17(35)16(34)11(6-26)37-23/h8-25,33-37H,1-3,5-7,27-32H2;8-25,32-36H,2-7,26-31H2,1H3;8-24,32-36H,3-7,26-31H2,1-2H3. The third-order valence-electron chi connectivity index (χ3n) is 26.1. The highest BCUT2D eigenvalue weighted by Crippen LogP contribution is 2.41. The number of rotatable bonds is 30. The molecule has 0 aromatic heterocycles. The van der Waals surface area contributed by atoms with Crippen LogP contribution in [0, 0.1) is 11.3 Å². The molecule has 3 saturated carbocycles. The summed E-state index contributed by atoms with van der Waals surface area (Å²) in [6, 6.07) is -9.47. The van der Waals surface area contributed by atoms with Crippen molar-refractivity contribution in [3.8, 4) is 6.07 Å². The lowest BCUT2D eigenvalue weighted by atomic mass is 9.84. The Morgan fingerprint density at radius 3 is 0.885 bits per heavy atom. The normalized spacial score (nSPS) is 49.7. The third kappa shape index (κ3) is 25.8. The van der Waals surface area contributed by atoms with E-state index in [1.165, 1.54) is 0 Å². The monoisotopic (exact) mass is 1910 g/mol. The molecule has 9 heterocycles. The minimum Gasteiger partial charge on any atom is -0.394 e. The van der Waals surface area contributed by atoms with Crippen LogP contribution < -0.4 is 103 Å². The lowest BCUT2D eigenvalue weighted by Gasteiger charge is -2.47. The molecule has 3 aliphatic carbocycles. The van der Waals surface area contributed by atoms with Crippen LogP contribution in [0.15, 0.2) is 0 Å². The Balaban J connectivity index is 0.000000203. The summed E-state index contributed by atoms with van der Waals surface area (Å²) in [4.78, 5) is 0. The molecule has 0 aromatic carbocycles. The molecule has 0 bridgehead atoms. The first-order valence-electron chi connectivity index (χ1n) is 43.9. The second-order valence-electron chi connectivity index (χ2n) is 36.6. The number of aliphatic hydroxyl groups excluding tert-OH is 15. The number of ether oxygens (including phenoxy) is 18. The lowest BCUT2D eigenvalue weighted by Crippen LogP contribution is -2.66. The van der Waals surface area contributed by atoms with Gasteiger partial charge in [0.15, 0.2) is 56.6 Å². The van der Waals surface area contributed by atoms with Crippen LogP contribution >= 0.6 is 0 Å². The van der Waals surface area contributed by atoms with Gasteiger partial charge in [0.2, 0.25) is 0 Å². The molecule has 9 aliphatic heterocycles. The maximum Gasteiger partial charge on any atom is 0.187 e. The topological polar surface area (TPSA) is 996 Å². The molecule has 51 N–H and O–H groups in total. The molecule has 12 aliphatic rings. The highest BCUT2D eigenvalue weighted by atomic mass is 32.2. The van der Waals surface area contributed by atoms with Gasteiger partial charge in [-0.15, -0.1) is 0 Å². The van der Waals surface area contributed by atoms with E-state index >= 15 is 0 Å². The van der Waals surface area contributed by atoms with Crippen molar-refractivity contribution in [1.29, 1.82) is 5.26 Å². The predicted octanol–water partition coefficient (Wildman–Crippen LogP) is -20.0. The van der Waals surface area contributed by atoms with Gasteiger partial charge in [-0.1, -0.05) is 0 Å². The average molecular weight is 1910 g/mol. The molecule has 0 aromatic rings. The van der Waals surface area contributed by atoms with Gasteiger partial charge in [-0.05, 0) is 71.6 Å². The van der Waals surface area contributed by atoms with Gasteiger partial charge in [0.25, 0.3) is 0 Å². The predicted molar refractivity (Wildman–Crippen MR) is 444 cm³/mol. The van der Waals surface area contributed by atoms with Crippen molar-refractivity contribution in [2.45, 2.75) is 408 Å². The summed E-state index contributed by atoms with van der Waals surface area (Å²) in [6.07, 6.45) is -42.4. The zero-order valence-corrected chi connectivity index (χ0v) is 73.6. The SMILES string of the molecule is CC(C)(N)C1CCC(N)C(OC2C(N)CC(N)C(O)C2OC2OC(CO)C(OC3OC(CN)C(O)C(O)C3N)C2O)O1.CS(=O)(=O)CC(N)C1CCC(N)C(OC2C(N)CC(N)C(O)C2OC2OC(CO)C(OC3OC(CN)C(O)C(O)C3N)C2O)O1.N#CCC(N)C1CCC(N)C(OC2C(N)CC(N)C(O)C2OC2OC(CO)C(OC3OC(CN)C(O)C(O)C3N)C2O)O1. The summed E-state index contributed by atoms with van der Waals surface area (Å²) in [6.45, 7) is 1.38. The third-order valence-corrected chi connectivity index (χ3v) is 27.1. The molecule has 0 amide bonds. The summed E-state index contributed by atoms with van der Waals surface area (Å²) in [5.74, 6) is -0.308. The van der Waals surface area contributed by atoms with Gasteiger partial charge in [0, 0.05) is 79.8 Å². The first-order valence-corrected chi connectivity index (χ1v) is 46.0. The smallest absolute Gasteiger partial charge is 0.187 e. The van der Waals surface area contributed by atoms with Crippen molar-refractivity contribution >= 4 is 9.84 Å². The van der Waals surface area contributed by atoms with Crippen LogP contribution in [0.3, 0.4) is 0 Å². The highest BCUT2D eigenvalue weighted by Gasteiger charge is 2.60. The fourth-order valence-electron chi connectivity index (χ4n) is 18.2. The Labute approximate surface area is 751 Å². The maximum absolute atomic E-state index is 11.8. The maximum atomic E-state index is 11.8. The number of nitriles is 1. The fourth-order valence-corrected chi connectivity index (χ4v) is 19.1. The summed E-state index contributed by atoms with van der Waals surface area (Å²) >= 11 is 0. The van der Waals surface area contributed by atoms with Crippen LogP contribution in [0.25, 0.3) is 0 Å². The minimum absolute atomic E-state index is 0.0737. The molecule has 55 heteroatoms. The van der Waals surface area contributed by atoms with Crippen molar-refractivity contribution in [1.82, 2.24) is 0 Å². The summed E-state index contributed by atoms with van der Waals surface area (Å²) in [5, 5.41) is 167. The Morgan fingerprint density at radius 2 is 0.608 bits per heavy atom. The molecule has 9 saturated heterocycles. The minimum atomic E-state index is -3.39. The van der Waals surface area contributed by atoms with Crippen molar-refractivity contribution in [2.75, 3.05) is 51.5 Å². The van der Waals surface area contributed by atoms with Crippen molar-refractivity contribution in [2.24, 2.45) is 103 Å². The largest absolute Gasteiger partial charge is 0.394 e. The van der Waals surface area contributed by atoms with E-state index in [0.29, 0.717) is 38.5 Å². The summed E-state index contributed by atoms with van der Waals surface area (Å²) in [5.41, 5.74) is 109. The molecule has 12 fully saturated rings. The molecule has 0 spiro atoms. The van der Waals surface area contributed by atoms with Crippen LogP contribution in [0.1, 0.15) is 78.1 Å². The average Bonchev–Trinajstić information content (AvgIpc) is 1.51. The van der Waals surface area contributed by atoms with E-state index in [9.17, 15) is 85.0 Å². The van der Waals surface area contributed by atoms with Crippen molar-refractivity contribution in [3.63, 3.8) is 0 Å².